The van der Waals surface area contributed by atoms with Gasteiger partial charge in [-0.25, -0.2) is 4.98 Å². The van der Waals surface area contributed by atoms with E-state index in [9.17, 15) is 21.0 Å². The third-order valence-electron chi connectivity index (χ3n) is 20.7. The number of nitriles is 4. The molecule has 0 fully saturated rings. The summed E-state index contributed by atoms with van der Waals surface area (Å²) in [7, 11) is 0. The molecule has 0 aliphatic heterocycles. The predicted molar refractivity (Wildman–Crippen MR) is 421 cm³/mol. The lowest BCUT2D eigenvalue weighted by atomic mass is 9.98. The van der Waals surface area contributed by atoms with Gasteiger partial charge >= 0.3 is 0 Å². The van der Waals surface area contributed by atoms with Gasteiger partial charge in [0.1, 0.15) is 11.4 Å². The molecule has 0 bridgehead atoms. The molecule has 14 aromatic carbocycles. The number of nitrogens with zero attached hydrogens (tertiary/aromatic N) is 9. The fraction of sp³-hybridized carbons (Fsp3) is 0. The lowest BCUT2D eigenvalue weighted by Gasteiger charge is -2.27. The minimum atomic E-state index is 0.473. The number of hydrogen-bond donors (Lipinski definition) is 0. The first kappa shape index (κ1) is 58.7. The van der Waals surface area contributed by atoms with Crippen LogP contribution in [0.25, 0.3) is 186 Å². The Bertz CT molecular complexity index is 6500. The van der Waals surface area contributed by atoms with Gasteiger partial charge in [0.25, 0.3) is 0 Å². The summed E-state index contributed by atoms with van der Waals surface area (Å²) in [6, 6.07) is 118. The first-order valence-electron chi connectivity index (χ1n) is 34.0. The molecular weight excluding hydrogens is 1280 g/mol. The molecule has 6 heterocycles. The maximum Gasteiger partial charge on any atom is 0.165 e. The summed E-state index contributed by atoms with van der Waals surface area (Å²) < 4.78 is 11.6. The number of aromatic nitrogens is 5. The van der Waals surface area contributed by atoms with E-state index in [1.807, 2.05) is 72.8 Å². The topological polar surface area (TPSA) is 128 Å². The number of pyridine rings is 1. The van der Waals surface area contributed by atoms with Crippen LogP contribution in [0.15, 0.2) is 309 Å². The van der Waals surface area contributed by atoms with Crippen molar-refractivity contribution in [3.8, 4) is 103 Å². The molecule has 0 saturated carbocycles. The molecule has 20 rings (SSSR count). The van der Waals surface area contributed by atoms with Crippen LogP contribution in [0.1, 0.15) is 22.3 Å². The van der Waals surface area contributed by atoms with Crippen molar-refractivity contribution in [1.82, 2.24) is 23.3 Å². The Balaban J connectivity index is 1.07. The van der Waals surface area contributed by atoms with Crippen LogP contribution in [-0.4, -0.2) is 23.3 Å². The van der Waals surface area contributed by atoms with Crippen molar-refractivity contribution < 1.29 is 0 Å². The molecule has 0 aliphatic rings. The fourth-order valence-corrected chi connectivity index (χ4v) is 17.1. The Kier molecular flexibility index (Phi) is 13.2. The van der Waals surface area contributed by atoms with Crippen molar-refractivity contribution in [2.24, 2.45) is 0 Å². The van der Waals surface area contributed by atoms with Crippen LogP contribution < -0.4 is 0 Å². The zero-order chi connectivity index (χ0) is 68.6. The second-order valence-electron chi connectivity index (χ2n) is 26.2. The zero-order valence-electron chi connectivity index (χ0n) is 54.9. The van der Waals surface area contributed by atoms with E-state index in [0.29, 0.717) is 45.3 Å². The number of thiophene rings is 1. The second-order valence-corrected chi connectivity index (χ2v) is 27.3. The van der Waals surface area contributed by atoms with Gasteiger partial charge in [-0.3, -0.25) is 9.13 Å². The van der Waals surface area contributed by atoms with E-state index in [2.05, 4.69) is 279 Å². The third-order valence-corrected chi connectivity index (χ3v) is 21.8. The molecule has 6 aromatic heterocycles. The fourth-order valence-electron chi connectivity index (χ4n) is 16.0. The normalized spacial score (nSPS) is 11.7. The van der Waals surface area contributed by atoms with Crippen molar-refractivity contribution in [2.75, 3.05) is 0 Å². The van der Waals surface area contributed by atoms with Gasteiger partial charge in [-0.05, 0) is 184 Å². The molecule has 0 atom stereocenters. The SMILES string of the molecule is N#Cc1ccc2c(c1)c1cc(C#N)ccc1n2-c1c(-n2c3ccc(-c4ccccc4)cc3c3cc(-c4ccccc4)ccc32)nc(-n2c3ccc(-c4ccccc4)cc3c3cc(-c4ccccc4)ccc32)c(-n2c3ccc(C#N)cc3c3cc(C#N)ccc32)c1-c1ccc2c(c1)sc1ccccc12. The summed E-state index contributed by atoms with van der Waals surface area (Å²) in [5.74, 6) is 1.18. The van der Waals surface area contributed by atoms with E-state index >= 15 is 0 Å². The van der Waals surface area contributed by atoms with Gasteiger partial charge in [0.2, 0.25) is 0 Å². The average molecular weight is 1330 g/mol. The summed E-state index contributed by atoms with van der Waals surface area (Å²) in [5.41, 5.74) is 20.3. The number of benzene rings is 14. The highest BCUT2D eigenvalue weighted by Crippen LogP contribution is 2.51. The monoisotopic (exact) mass is 1330 g/mol. The summed E-state index contributed by atoms with van der Waals surface area (Å²) in [5, 5.41) is 52.7. The largest absolute Gasteiger partial charge is 0.305 e. The summed E-state index contributed by atoms with van der Waals surface area (Å²) in [4.78, 5) is 6.62. The lowest BCUT2D eigenvalue weighted by Crippen LogP contribution is -2.16. The van der Waals surface area contributed by atoms with Crippen molar-refractivity contribution in [1.29, 1.82) is 21.0 Å². The van der Waals surface area contributed by atoms with Crippen molar-refractivity contribution >= 4 is 119 Å². The molecule has 10 heteroatoms. The average Bonchev–Trinajstić information content (AvgIpc) is 1.55. The van der Waals surface area contributed by atoms with Crippen LogP contribution in [0.4, 0.5) is 0 Å². The van der Waals surface area contributed by atoms with Crippen LogP contribution in [0.5, 0.6) is 0 Å². The highest BCUT2D eigenvalue weighted by Gasteiger charge is 2.34. The van der Waals surface area contributed by atoms with Crippen molar-refractivity contribution in [3.05, 3.63) is 332 Å². The maximum atomic E-state index is 10.8. The molecule has 20 aromatic rings. The maximum absolute atomic E-state index is 10.8. The van der Waals surface area contributed by atoms with Gasteiger partial charge in [0, 0.05) is 68.8 Å². The summed E-state index contributed by atoms with van der Waals surface area (Å²) in [6.45, 7) is 0. The predicted octanol–water partition coefficient (Wildman–Crippen LogP) is 23.7. The number of hydrogen-bond acceptors (Lipinski definition) is 6. The Morgan fingerprint density at radius 1 is 0.223 bits per heavy atom. The zero-order valence-corrected chi connectivity index (χ0v) is 55.7. The van der Waals surface area contributed by atoms with E-state index in [1.54, 1.807) is 11.3 Å². The van der Waals surface area contributed by atoms with Crippen LogP contribution in [0.2, 0.25) is 0 Å². The highest BCUT2D eigenvalue weighted by molar-refractivity contribution is 7.25. The Morgan fingerprint density at radius 2 is 0.505 bits per heavy atom. The van der Waals surface area contributed by atoms with E-state index in [-0.39, 0.29) is 0 Å². The molecule has 9 nitrogen and oxygen atoms in total. The van der Waals surface area contributed by atoms with Gasteiger partial charge in [-0.2, -0.15) is 21.0 Å². The highest BCUT2D eigenvalue weighted by atomic mass is 32.1. The van der Waals surface area contributed by atoms with Crippen LogP contribution in [-0.2, 0) is 0 Å². The molecule has 0 amide bonds. The van der Waals surface area contributed by atoms with E-state index in [1.165, 1.54) is 0 Å². The van der Waals surface area contributed by atoms with Gasteiger partial charge < -0.3 is 9.13 Å². The van der Waals surface area contributed by atoms with Gasteiger partial charge in [-0.15, -0.1) is 11.3 Å². The van der Waals surface area contributed by atoms with Crippen LogP contribution in [0, 0.1) is 45.3 Å². The minimum Gasteiger partial charge on any atom is -0.305 e. The number of fused-ring (bicyclic) bond motifs is 15. The molecule has 0 N–H and O–H groups in total. The minimum absolute atomic E-state index is 0.473. The quantitative estimate of drug-likeness (QED) is 0.142. The molecule has 0 saturated heterocycles. The van der Waals surface area contributed by atoms with E-state index < -0.39 is 0 Å². The summed E-state index contributed by atoms with van der Waals surface area (Å²) in [6.07, 6.45) is 0. The molecule has 0 aliphatic carbocycles. The standard InChI is InChI=1S/C93H51N9S/c94-52-56-25-35-79-71(43-56)72-44-57(53-95)26-36-80(72)99(79)90-89(68-29-34-70-69-23-13-14-24-87(69)103-88(70)51-68)91(100-81-37-27-58(54-96)45-73(81)74-46-59(55-97)28-38-82(74)100)93(102-85-41-32-66(62-19-9-3-10-20-62)49-77(85)78-50-67(33-42-86(78)102)63-21-11-4-12-22-63)98-92(90)101-83-39-30-64(60-15-5-1-6-16-60)47-75(83)76-48-65(31-40-84(76)101)61-17-7-2-8-18-61/h1-51H. The third kappa shape index (κ3) is 9.10. The number of rotatable bonds is 9. The van der Waals surface area contributed by atoms with Crippen LogP contribution in [0.3, 0.4) is 0 Å². The van der Waals surface area contributed by atoms with Gasteiger partial charge in [0.05, 0.1) is 90.7 Å². The molecule has 0 spiro atoms. The van der Waals surface area contributed by atoms with Crippen LogP contribution >= 0.6 is 11.3 Å². The second kappa shape index (κ2) is 23.1. The van der Waals surface area contributed by atoms with Gasteiger partial charge in [0.15, 0.2) is 11.6 Å². The van der Waals surface area contributed by atoms with E-state index in [0.717, 1.165) is 163 Å². The lowest BCUT2D eigenvalue weighted by molar-refractivity contribution is 0.961. The van der Waals surface area contributed by atoms with E-state index in [4.69, 9.17) is 4.98 Å². The Hall–Kier alpha value is -14.4. The first-order chi connectivity index (χ1) is 50.9. The Labute approximate surface area is 593 Å². The Morgan fingerprint density at radius 3 is 0.845 bits per heavy atom. The first-order valence-corrected chi connectivity index (χ1v) is 34.9. The smallest absolute Gasteiger partial charge is 0.165 e. The van der Waals surface area contributed by atoms with Crippen molar-refractivity contribution in [2.45, 2.75) is 0 Å². The molecule has 103 heavy (non-hydrogen) atoms. The molecule has 474 valence electrons. The van der Waals surface area contributed by atoms with Gasteiger partial charge in [-0.1, -0.05) is 176 Å². The summed E-state index contributed by atoms with van der Waals surface area (Å²) >= 11 is 1.75. The molecule has 0 unspecified atom stereocenters. The van der Waals surface area contributed by atoms with Crippen molar-refractivity contribution in [3.63, 3.8) is 0 Å². The molecule has 0 radical (unpaired) electrons. The molecular formula is C93H51N9S.